The van der Waals surface area contributed by atoms with Gasteiger partial charge in [-0.05, 0) is 38.5 Å². The average Bonchev–Trinajstić information content (AvgIpc) is 2.30. The number of anilines is 2. The van der Waals surface area contributed by atoms with E-state index in [0.717, 1.165) is 12.1 Å². The lowest BCUT2D eigenvalue weighted by molar-refractivity contribution is 0.0602. The highest BCUT2D eigenvalue weighted by molar-refractivity contribution is 5.96. The Balaban J connectivity index is 3.01. The van der Waals surface area contributed by atoms with Gasteiger partial charge in [-0.25, -0.2) is 4.79 Å². The van der Waals surface area contributed by atoms with Crippen molar-refractivity contribution in [2.75, 3.05) is 18.2 Å². The molecule has 0 bridgehead atoms. The van der Waals surface area contributed by atoms with Crippen LogP contribution in [0.15, 0.2) is 18.2 Å². The second kappa shape index (κ2) is 5.08. The van der Waals surface area contributed by atoms with E-state index >= 15 is 0 Å². The van der Waals surface area contributed by atoms with Gasteiger partial charge in [0.15, 0.2) is 0 Å². The quantitative estimate of drug-likeness (QED) is 0.623. The van der Waals surface area contributed by atoms with Gasteiger partial charge < -0.3 is 15.8 Å². The third-order valence-corrected chi connectivity index (χ3v) is 2.83. The average molecular weight is 236 g/mol. The van der Waals surface area contributed by atoms with Crippen LogP contribution >= 0.6 is 0 Å². The van der Waals surface area contributed by atoms with Crippen LogP contribution in [0.25, 0.3) is 0 Å². The summed E-state index contributed by atoms with van der Waals surface area (Å²) in [6.45, 7) is 6.30. The molecule has 4 heteroatoms. The molecule has 94 valence electrons. The lowest BCUT2D eigenvalue weighted by atomic mass is 10.0. The molecule has 0 fully saturated rings. The molecule has 0 aromatic heterocycles. The van der Waals surface area contributed by atoms with Crippen LogP contribution in [0.2, 0.25) is 0 Å². The Morgan fingerprint density at radius 2 is 2.12 bits per heavy atom. The van der Waals surface area contributed by atoms with Crippen LogP contribution in [0.3, 0.4) is 0 Å². The highest BCUT2D eigenvalue weighted by Crippen LogP contribution is 2.22. The molecule has 0 aliphatic carbocycles. The van der Waals surface area contributed by atoms with Crippen molar-refractivity contribution < 1.29 is 9.53 Å². The summed E-state index contributed by atoms with van der Waals surface area (Å²) in [5, 5.41) is 3.35. The van der Waals surface area contributed by atoms with E-state index in [-0.39, 0.29) is 5.54 Å². The zero-order valence-electron chi connectivity index (χ0n) is 10.8. The van der Waals surface area contributed by atoms with Crippen LogP contribution in [0.1, 0.15) is 37.6 Å². The van der Waals surface area contributed by atoms with Crippen molar-refractivity contribution in [3.05, 3.63) is 23.8 Å². The third kappa shape index (κ3) is 3.37. The predicted octanol–water partition coefficient (Wildman–Crippen LogP) is 2.66. The molecule has 0 saturated carbocycles. The first-order valence-corrected chi connectivity index (χ1v) is 5.65. The van der Waals surface area contributed by atoms with Crippen LogP contribution in [-0.2, 0) is 4.74 Å². The van der Waals surface area contributed by atoms with Gasteiger partial charge in [-0.1, -0.05) is 6.92 Å². The summed E-state index contributed by atoms with van der Waals surface area (Å²) < 4.78 is 4.68. The Labute approximate surface area is 102 Å². The number of nitrogens with two attached hydrogens (primary N) is 1. The lowest BCUT2D eigenvalue weighted by Gasteiger charge is -2.26. The van der Waals surface area contributed by atoms with E-state index in [4.69, 9.17) is 5.73 Å². The number of hydrogen-bond acceptors (Lipinski definition) is 4. The molecule has 1 rings (SSSR count). The molecule has 0 heterocycles. The molecule has 3 N–H and O–H groups in total. The molecule has 0 atom stereocenters. The molecular weight excluding hydrogens is 216 g/mol. The third-order valence-electron chi connectivity index (χ3n) is 2.83. The summed E-state index contributed by atoms with van der Waals surface area (Å²) in [6, 6.07) is 5.29. The fourth-order valence-corrected chi connectivity index (χ4v) is 1.40. The van der Waals surface area contributed by atoms with Gasteiger partial charge >= 0.3 is 5.97 Å². The van der Waals surface area contributed by atoms with Crippen molar-refractivity contribution in [3.8, 4) is 0 Å². The molecule has 4 nitrogen and oxygen atoms in total. The summed E-state index contributed by atoms with van der Waals surface area (Å²) >= 11 is 0. The van der Waals surface area contributed by atoms with Gasteiger partial charge in [-0.2, -0.15) is 0 Å². The number of nitrogen functional groups attached to an aromatic ring is 1. The number of carbonyl (C=O) groups excluding carboxylic acids is 1. The first-order chi connectivity index (χ1) is 7.89. The number of methoxy groups -OCH3 is 1. The van der Waals surface area contributed by atoms with E-state index < -0.39 is 5.97 Å². The molecule has 17 heavy (non-hydrogen) atoms. The second-order valence-electron chi connectivity index (χ2n) is 4.66. The smallest absolute Gasteiger partial charge is 0.340 e. The standard InChI is InChI=1S/C13H20N2O2/c1-5-13(2,3)15-9-6-7-11(14)10(8-9)12(16)17-4/h6-8,15H,5,14H2,1-4H3. The van der Waals surface area contributed by atoms with E-state index in [1.165, 1.54) is 7.11 Å². The van der Waals surface area contributed by atoms with Crippen LogP contribution in [0.5, 0.6) is 0 Å². The van der Waals surface area contributed by atoms with Crippen molar-refractivity contribution in [1.29, 1.82) is 0 Å². The maximum Gasteiger partial charge on any atom is 0.340 e. The summed E-state index contributed by atoms with van der Waals surface area (Å²) in [4.78, 5) is 11.5. The molecule has 0 spiro atoms. The number of ether oxygens (including phenoxy) is 1. The van der Waals surface area contributed by atoms with E-state index in [0.29, 0.717) is 11.3 Å². The Kier molecular flexibility index (Phi) is 3.99. The summed E-state index contributed by atoms with van der Waals surface area (Å²) in [7, 11) is 1.35. The topological polar surface area (TPSA) is 64.3 Å². The van der Waals surface area contributed by atoms with E-state index in [2.05, 4.69) is 30.8 Å². The summed E-state index contributed by atoms with van der Waals surface area (Å²) in [5.74, 6) is -0.416. The van der Waals surface area contributed by atoms with Crippen molar-refractivity contribution in [2.45, 2.75) is 32.7 Å². The number of esters is 1. The van der Waals surface area contributed by atoms with Crippen LogP contribution < -0.4 is 11.1 Å². The fourth-order valence-electron chi connectivity index (χ4n) is 1.40. The predicted molar refractivity (Wildman–Crippen MR) is 70.2 cm³/mol. The zero-order chi connectivity index (χ0) is 13.1. The Hall–Kier alpha value is -1.71. The molecular formula is C13H20N2O2. The molecule has 0 aliphatic heterocycles. The Morgan fingerprint density at radius 1 is 1.47 bits per heavy atom. The normalized spacial score (nSPS) is 11.1. The van der Waals surface area contributed by atoms with Gasteiger partial charge in [-0.15, -0.1) is 0 Å². The summed E-state index contributed by atoms with van der Waals surface area (Å²) in [5.41, 5.74) is 7.40. The van der Waals surface area contributed by atoms with Crippen molar-refractivity contribution in [1.82, 2.24) is 0 Å². The van der Waals surface area contributed by atoms with Crippen molar-refractivity contribution in [3.63, 3.8) is 0 Å². The first-order valence-electron chi connectivity index (χ1n) is 5.65. The van der Waals surface area contributed by atoms with E-state index in [1.54, 1.807) is 12.1 Å². The molecule has 0 radical (unpaired) electrons. The highest BCUT2D eigenvalue weighted by atomic mass is 16.5. The minimum absolute atomic E-state index is 0.0243. The Morgan fingerprint density at radius 3 is 2.65 bits per heavy atom. The van der Waals surface area contributed by atoms with Gasteiger partial charge in [0.05, 0.1) is 12.7 Å². The Bertz CT molecular complexity index is 414. The van der Waals surface area contributed by atoms with Gasteiger partial charge in [0, 0.05) is 16.9 Å². The maximum absolute atomic E-state index is 11.5. The monoisotopic (exact) mass is 236 g/mol. The number of nitrogens with one attached hydrogen (secondary N) is 1. The minimum atomic E-state index is -0.416. The number of hydrogen-bond donors (Lipinski definition) is 2. The van der Waals surface area contributed by atoms with Crippen molar-refractivity contribution >= 4 is 17.3 Å². The molecule has 0 saturated heterocycles. The molecule has 0 aliphatic rings. The largest absolute Gasteiger partial charge is 0.465 e. The highest BCUT2D eigenvalue weighted by Gasteiger charge is 2.16. The lowest BCUT2D eigenvalue weighted by Crippen LogP contribution is -2.29. The maximum atomic E-state index is 11.5. The number of carbonyl (C=O) groups is 1. The SMILES string of the molecule is CCC(C)(C)Nc1ccc(N)c(C(=O)OC)c1. The van der Waals surface area contributed by atoms with Gasteiger partial charge in [0.1, 0.15) is 0 Å². The number of benzene rings is 1. The zero-order valence-corrected chi connectivity index (χ0v) is 10.8. The van der Waals surface area contributed by atoms with Gasteiger partial charge in [0.2, 0.25) is 0 Å². The fraction of sp³-hybridized carbons (Fsp3) is 0.462. The second-order valence-corrected chi connectivity index (χ2v) is 4.66. The van der Waals surface area contributed by atoms with Crippen LogP contribution in [0, 0.1) is 0 Å². The van der Waals surface area contributed by atoms with E-state index in [9.17, 15) is 4.79 Å². The van der Waals surface area contributed by atoms with Crippen molar-refractivity contribution in [2.24, 2.45) is 0 Å². The molecule has 0 unspecified atom stereocenters. The molecule has 1 aromatic rings. The van der Waals surface area contributed by atoms with Gasteiger partial charge in [-0.3, -0.25) is 0 Å². The number of rotatable bonds is 4. The minimum Gasteiger partial charge on any atom is -0.465 e. The van der Waals surface area contributed by atoms with E-state index in [1.807, 2.05) is 6.07 Å². The molecule has 1 aromatic carbocycles. The van der Waals surface area contributed by atoms with Gasteiger partial charge in [0.25, 0.3) is 0 Å². The summed E-state index contributed by atoms with van der Waals surface area (Å²) in [6.07, 6.45) is 0.977. The van der Waals surface area contributed by atoms with Crippen LogP contribution in [-0.4, -0.2) is 18.6 Å². The van der Waals surface area contributed by atoms with Crippen LogP contribution in [0.4, 0.5) is 11.4 Å². The first kappa shape index (κ1) is 13.4. The molecule has 0 amide bonds.